The molecule has 120 valence electrons. The summed E-state index contributed by atoms with van der Waals surface area (Å²) in [6.07, 6.45) is 0.891. The normalized spacial score (nSPS) is 16.4. The van der Waals surface area contributed by atoms with Gasteiger partial charge >= 0.3 is 5.69 Å². The van der Waals surface area contributed by atoms with Crippen LogP contribution in [0.4, 0.5) is 5.69 Å². The molecule has 0 spiro atoms. The lowest BCUT2D eigenvalue weighted by Crippen LogP contribution is -2.45. The number of rotatable bonds is 4. The Hall–Kier alpha value is -1.08. The number of nitro groups is 1. The molecular formula is C13H21Cl2N3O3. The first-order valence-corrected chi connectivity index (χ1v) is 6.55. The summed E-state index contributed by atoms with van der Waals surface area (Å²) in [4.78, 5) is 12.7. The number of hydrogen-bond acceptors (Lipinski definition) is 5. The van der Waals surface area contributed by atoms with Gasteiger partial charge in [0.25, 0.3) is 0 Å². The van der Waals surface area contributed by atoms with Crippen molar-refractivity contribution < 1.29 is 10.0 Å². The second-order valence-electron chi connectivity index (χ2n) is 4.72. The fourth-order valence-electron chi connectivity index (χ4n) is 2.59. The number of hydrogen-bond donors (Lipinski definition) is 2. The van der Waals surface area contributed by atoms with Crippen LogP contribution in [0.15, 0.2) is 18.2 Å². The molecular weight excluding hydrogens is 317 g/mol. The molecule has 1 atom stereocenters. The number of phenols is 1. The van der Waals surface area contributed by atoms with Crippen molar-refractivity contribution in [1.82, 2.24) is 10.2 Å². The Morgan fingerprint density at radius 1 is 1.38 bits per heavy atom. The summed E-state index contributed by atoms with van der Waals surface area (Å²) in [5.41, 5.74) is 0.681. The van der Waals surface area contributed by atoms with E-state index in [-0.39, 0.29) is 42.3 Å². The van der Waals surface area contributed by atoms with Crippen molar-refractivity contribution in [2.24, 2.45) is 0 Å². The third kappa shape index (κ3) is 4.71. The lowest BCUT2D eigenvalue weighted by atomic mass is 10.0. The topological polar surface area (TPSA) is 78.6 Å². The zero-order valence-electron chi connectivity index (χ0n) is 11.8. The highest BCUT2D eigenvalue weighted by Gasteiger charge is 2.23. The molecule has 0 saturated carbocycles. The maximum atomic E-state index is 10.9. The number of aromatic hydroxyl groups is 1. The van der Waals surface area contributed by atoms with E-state index in [4.69, 9.17) is 0 Å². The summed E-state index contributed by atoms with van der Waals surface area (Å²) in [6, 6.07) is 4.85. The lowest BCUT2D eigenvalue weighted by molar-refractivity contribution is -0.386. The lowest BCUT2D eigenvalue weighted by Gasteiger charge is -2.34. The number of benzene rings is 1. The molecule has 0 unspecified atom stereocenters. The summed E-state index contributed by atoms with van der Waals surface area (Å²) in [5.74, 6) is -0.274. The summed E-state index contributed by atoms with van der Waals surface area (Å²) in [5, 5.41) is 23.7. The minimum atomic E-state index is -0.538. The van der Waals surface area contributed by atoms with E-state index in [1.54, 1.807) is 6.07 Å². The molecule has 2 rings (SSSR count). The van der Waals surface area contributed by atoms with Gasteiger partial charge in [-0.05, 0) is 18.1 Å². The Morgan fingerprint density at radius 3 is 2.52 bits per heavy atom. The SMILES string of the molecule is CC[C@H](c1ccc(O)c([N+](=O)[O-])c1)N1CCNCC1.Cl.Cl. The molecule has 0 aromatic heterocycles. The van der Waals surface area contributed by atoms with Crippen molar-refractivity contribution in [2.45, 2.75) is 19.4 Å². The van der Waals surface area contributed by atoms with Gasteiger partial charge in [0, 0.05) is 38.3 Å². The van der Waals surface area contributed by atoms with Gasteiger partial charge in [-0.1, -0.05) is 13.0 Å². The smallest absolute Gasteiger partial charge is 0.311 e. The van der Waals surface area contributed by atoms with E-state index < -0.39 is 4.92 Å². The van der Waals surface area contributed by atoms with Crippen molar-refractivity contribution >= 4 is 30.5 Å². The average molecular weight is 338 g/mol. The van der Waals surface area contributed by atoms with Crippen molar-refractivity contribution in [3.8, 4) is 5.75 Å². The Morgan fingerprint density at radius 2 is 2.00 bits per heavy atom. The number of nitrogens with zero attached hydrogens (tertiary/aromatic N) is 2. The highest BCUT2D eigenvalue weighted by atomic mass is 35.5. The molecule has 6 nitrogen and oxygen atoms in total. The zero-order chi connectivity index (χ0) is 13.8. The van der Waals surface area contributed by atoms with Crippen LogP contribution in [0.1, 0.15) is 24.9 Å². The molecule has 1 aliphatic heterocycles. The van der Waals surface area contributed by atoms with Crippen LogP contribution in [0.25, 0.3) is 0 Å². The van der Waals surface area contributed by atoms with Crippen LogP contribution in [0.2, 0.25) is 0 Å². The van der Waals surface area contributed by atoms with Gasteiger partial charge in [-0.15, -0.1) is 24.8 Å². The van der Waals surface area contributed by atoms with Crippen LogP contribution in [-0.2, 0) is 0 Å². The van der Waals surface area contributed by atoms with E-state index in [1.807, 2.05) is 0 Å². The van der Waals surface area contributed by atoms with Crippen LogP contribution in [0.3, 0.4) is 0 Å². The zero-order valence-corrected chi connectivity index (χ0v) is 13.5. The number of phenolic OH excluding ortho intramolecular Hbond substituents is 1. The Balaban J connectivity index is 0.00000200. The Kier molecular flexibility index (Phi) is 8.58. The first kappa shape index (κ1) is 19.9. The van der Waals surface area contributed by atoms with Crippen molar-refractivity contribution in [1.29, 1.82) is 0 Å². The largest absolute Gasteiger partial charge is 0.502 e. The van der Waals surface area contributed by atoms with E-state index in [2.05, 4.69) is 17.1 Å². The number of nitrogens with one attached hydrogen (secondary N) is 1. The minimum Gasteiger partial charge on any atom is -0.502 e. The van der Waals surface area contributed by atoms with Gasteiger partial charge in [0.1, 0.15) is 0 Å². The fraction of sp³-hybridized carbons (Fsp3) is 0.538. The maximum absolute atomic E-state index is 10.9. The van der Waals surface area contributed by atoms with E-state index >= 15 is 0 Å². The predicted octanol–water partition coefficient (Wildman–Crippen LogP) is 2.50. The van der Waals surface area contributed by atoms with Gasteiger partial charge in [0.15, 0.2) is 5.75 Å². The van der Waals surface area contributed by atoms with Crippen molar-refractivity contribution in [3.05, 3.63) is 33.9 Å². The van der Waals surface area contributed by atoms with E-state index in [9.17, 15) is 15.2 Å². The molecule has 0 bridgehead atoms. The monoisotopic (exact) mass is 337 g/mol. The van der Waals surface area contributed by atoms with Gasteiger partial charge in [0.05, 0.1) is 4.92 Å². The number of halogens is 2. The average Bonchev–Trinajstić information content (AvgIpc) is 2.42. The van der Waals surface area contributed by atoms with Crippen LogP contribution in [0, 0.1) is 10.1 Å². The molecule has 21 heavy (non-hydrogen) atoms. The third-order valence-corrected chi connectivity index (χ3v) is 3.56. The molecule has 0 amide bonds. The molecule has 1 fully saturated rings. The van der Waals surface area contributed by atoms with Gasteiger partial charge in [-0.25, -0.2) is 0 Å². The predicted molar refractivity (Wildman–Crippen MR) is 86.7 cm³/mol. The molecule has 0 radical (unpaired) electrons. The first-order chi connectivity index (χ1) is 9.13. The summed E-state index contributed by atoms with van der Waals surface area (Å²) in [6.45, 7) is 5.83. The van der Waals surface area contributed by atoms with Gasteiger partial charge in [-0.2, -0.15) is 0 Å². The molecule has 1 aromatic carbocycles. The van der Waals surface area contributed by atoms with Crippen LogP contribution in [-0.4, -0.2) is 41.1 Å². The molecule has 1 saturated heterocycles. The van der Waals surface area contributed by atoms with E-state index in [0.717, 1.165) is 38.2 Å². The van der Waals surface area contributed by atoms with Crippen LogP contribution in [0.5, 0.6) is 5.75 Å². The van der Waals surface area contributed by atoms with E-state index in [0.29, 0.717) is 0 Å². The van der Waals surface area contributed by atoms with Crippen molar-refractivity contribution in [2.75, 3.05) is 26.2 Å². The minimum absolute atomic E-state index is 0. The van der Waals surface area contributed by atoms with E-state index in [1.165, 1.54) is 12.1 Å². The quantitative estimate of drug-likeness (QED) is 0.651. The Labute approximate surface area is 136 Å². The summed E-state index contributed by atoms with van der Waals surface area (Å²) < 4.78 is 0. The highest BCUT2D eigenvalue weighted by Crippen LogP contribution is 2.32. The maximum Gasteiger partial charge on any atom is 0.311 e. The van der Waals surface area contributed by atoms with Gasteiger partial charge in [0.2, 0.25) is 0 Å². The fourth-order valence-corrected chi connectivity index (χ4v) is 2.59. The molecule has 2 N–H and O–H groups in total. The second kappa shape index (κ2) is 9.04. The van der Waals surface area contributed by atoms with Gasteiger partial charge < -0.3 is 10.4 Å². The number of piperazine rings is 1. The van der Waals surface area contributed by atoms with Gasteiger partial charge in [-0.3, -0.25) is 15.0 Å². The molecule has 1 aliphatic rings. The summed E-state index contributed by atoms with van der Waals surface area (Å²) >= 11 is 0. The molecule has 8 heteroatoms. The second-order valence-corrected chi connectivity index (χ2v) is 4.72. The van der Waals surface area contributed by atoms with Crippen molar-refractivity contribution in [3.63, 3.8) is 0 Å². The third-order valence-electron chi connectivity index (χ3n) is 3.56. The summed E-state index contributed by atoms with van der Waals surface area (Å²) in [7, 11) is 0. The Bertz CT molecular complexity index is 468. The van der Waals surface area contributed by atoms with Crippen LogP contribution < -0.4 is 5.32 Å². The van der Waals surface area contributed by atoms with Crippen LogP contribution >= 0.6 is 24.8 Å². The first-order valence-electron chi connectivity index (χ1n) is 6.55. The molecule has 1 aromatic rings. The molecule has 1 heterocycles. The number of nitro benzene ring substituents is 1. The highest BCUT2D eigenvalue weighted by molar-refractivity contribution is 5.85. The molecule has 0 aliphatic carbocycles. The standard InChI is InChI=1S/C13H19N3O3.2ClH/c1-2-11(15-7-5-14-6-8-15)10-3-4-13(17)12(9-10)16(18)19;;/h3-4,9,11,14,17H,2,5-8H2,1H3;2*1H/t11-;;/m1../s1.